The van der Waals surface area contributed by atoms with Crippen molar-refractivity contribution >= 4 is 37.5 Å². The maximum Gasteiger partial charge on any atom is 0.243 e. The topological polar surface area (TPSA) is 57.7 Å². The highest BCUT2D eigenvalue weighted by Crippen LogP contribution is 2.36. The van der Waals surface area contributed by atoms with Gasteiger partial charge in [-0.25, -0.2) is 12.8 Å². The molecule has 0 unspecified atom stereocenters. The van der Waals surface area contributed by atoms with Gasteiger partial charge in [-0.1, -0.05) is 15.9 Å². The number of rotatable bonds is 3. The zero-order chi connectivity index (χ0) is 20.8. The predicted octanol–water partition coefficient (Wildman–Crippen LogP) is 3.97. The van der Waals surface area contributed by atoms with Crippen molar-refractivity contribution in [2.75, 3.05) is 18.0 Å². The van der Waals surface area contributed by atoms with E-state index < -0.39 is 21.8 Å². The van der Waals surface area contributed by atoms with Crippen LogP contribution >= 0.6 is 15.9 Å². The largest absolute Gasteiger partial charge is 0.309 e. The molecular weight excluding hydrogens is 459 g/mol. The van der Waals surface area contributed by atoms with Crippen LogP contribution in [0, 0.1) is 11.7 Å². The van der Waals surface area contributed by atoms with Crippen LogP contribution in [0.4, 0.5) is 10.1 Å². The Hall–Kier alpha value is -1.77. The van der Waals surface area contributed by atoms with Crippen molar-refractivity contribution in [3.05, 3.63) is 58.3 Å². The standard InChI is InChI=1S/C21H22BrFN2O3S/c1-14-11-16-12-17(22)4-9-20(16)25(14)21(26)15-3-2-10-24(13-15)29(27,28)19-7-5-18(23)6-8-19/h4-9,12,14-15H,2-3,10-11,13H2,1H3/t14-,15+/m1/s1. The first-order valence-electron chi connectivity index (χ1n) is 9.64. The number of hydrogen-bond donors (Lipinski definition) is 0. The first-order chi connectivity index (χ1) is 13.8. The Morgan fingerprint density at radius 2 is 1.90 bits per heavy atom. The van der Waals surface area contributed by atoms with Crippen LogP contribution in [0.25, 0.3) is 0 Å². The molecule has 0 bridgehead atoms. The average Bonchev–Trinajstić information content (AvgIpc) is 3.02. The third-order valence-electron chi connectivity index (χ3n) is 5.68. The number of nitrogens with zero attached hydrogens (tertiary/aromatic N) is 2. The molecule has 0 aliphatic carbocycles. The Morgan fingerprint density at radius 1 is 1.17 bits per heavy atom. The third-order valence-corrected chi connectivity index (χ3v) is 8.05. The molecule has 2 aliphatic heterocycles. The van der Waals surface area contributed by atoms with Crippen LogP contribution in [0.2, 0.25) is 0 Å². The molecule has 1 saturated heterocycles. The summed E-state index contributed by atoms with van der Waals surface area (Å²) in [5.41, 5.74) is 2.02. The second-order valence-electron chi connectivity index (χ2n) is 7.69. The van der Waals surface area contributed by atoms with Crippen LogP contribution in [0.15, 0.2) is 51.8 Å². The van der Waals surface area contributed by atoms with Gasteiger partial charge in [-0.05, 0) is 74.2 Å². The fourth-order valence-electron chi connectivity index (χ4n) is 4.25. The lowest BCUT2D eigenvalue weighted by molar-refractivity contribution is -0.123. The smallest absolute Gasteiger partial charge is 0.243 e. The Labute approximate surface area is 178 Å². The van der Waals surface area contributed by atoms with Gasteiger partial charge in [0.1, 0.15) is 5.82 Å². The summed E-state index contributed by atoms with van der Waals surface area (Å²) in [5, 5.41) is 0. The number of carbonyl (C=O) groups is 1. The van der Waals surface area contributed by atoms with Crippen LogP contribution in [0.5, 0.6) is 0 Å². The van der Waals surface area contributed by atoms with Crippen molar-refractivity contribution in [1.82, 2.24) is 4.31 Å². The molecule has 8 heteroatoms. The number of amides is 1. The van der Waals surface area contributed by atoms with Crippen molar-refractivity contribution in [3.63, 3.8) is 0 Å². The summed E-state index contributed by atoms with van der Waals surface area (Å²) < 4.78 is 41.4. The fourth-order valence-corrected chi connectivity index (χ4v) is 6.18. The molecule has 0 N–H and O–H groups in total. The van der Waals surface area contributed by atoms with E-state index in [1.165, 1.54) is 16.4 Å². The minimum absolute atomic E-state index is 0.0300. The maximum absolute atomic E-state index is 13.4. The lowest BCUT2D eigenvalue weighted by atomic mass is 9.97. The molecule has 0 aromatic heterocycles. The van der Waals surface area contributed by atoms with E-state index in [0.717, 1.165) is 34.3 Å². The molecule has 2 aromatic carbocycles. The van der Waals surface area contributed by atoms with Gasteiger partial charge < -0.3 is 4.90 Å². The van der Waals surface area contributed by atoms with Gasteiger partial charge >= 0.3 is 0 Å². The number of benzene rings is 2. The number of carbonyl (C=O) groups excluding carboxylic acids is 1. The van der Waals surface area contributed by atoms with Gasteiger partial charge in [0.15, 0.2) is 0 Å². The van der Waals surface area contributed by atoms with E-state index in [1.807, 2.05) is 30.0 Å². The van der Waals surface area contributed by atoms with Gasteiger partial charge in [-0.3, -0.25) is 4.79 Å². The molecule has 2 heterocycles. The summed E-state index contributed by atoms with van der Waals surface area (Å²) in [6.07, 6.45) is 2.06. The summed E-state index contributed by atoms with van der Waals surface area (Å²) in [4.78, 5) is 15.2. The normalized spacial score (nSPS) is 22.5. The van der Waals surface area contributed by atoms with Crippen molar-refractivity contribution in [2.24, 2.45) is 5.92 Å². The summed E-state index contributed by atoms with van der Waals surface area (Å²) >= 11 is 3.47. The highest BCUT2D eigenvalue weighted by molar-refractivity contribution is 9.10. The molecule has 2 aromatic rings. The van der Waals surface area contributed by atoms with E-state index in [-0.39, 0.29) is 23.4 Å². The van der Waals surface area contributed by atoms with E-state index in [4.69, 9.17) is 0 Å². The number of fused-ring (bicyclic) bond motifs is 1. The van der Waals surface area contributed by atoms with Crippen LogP contribution in [-0.4, -0.2) is 37.8 Å². The van der Waals surface area contributed by atoms with Crippen LogP contribution in [0.1, 0.15) is 25.3 Å². The summed E-state index contributed by atoms with van der Waals surface area (Å²) in [6.45, 7) is 2.53. The minimum atomic E-state index is -3.76. The second-order valence-corrected chi connectivity index (χ2v) is 10.5. The third kappa shape index (κ3) is 3.85. The first kappa shape index (κ1) is 20.5. The molecule has 5 nitrogen and oxygen atoms in total. The van der Waals surface area contributed by atoms with Gasteiger partial charge in [0.25, 0.3) is 0 Å². The summed E-state index contributed by atoms with van der Waals surface area (Å²) in [7, 11) is -3.76. The zero-order valence-corrected chi connectivity index (χ0v) is 18.4. The molecule has 2 aliphatic rings. The average molecular weight is 481 g/mol. The lowest BCUT2D eigenvalue weighted by Crippen LogP contribution is -2.48. The molecule has 0 saturated carbocycles. The number of halogens is 2. The first-order valence-corrected chi connectivity index (χ1v) is 11.9. The van der Waals surface area contributed by atoms with Crippen molar-refractivity contribution in [1.29, 1.82) is 0 Å². The SMILES string of the molecule is C[C@@H]1Cc2cc(Br)ccc2N1C(=O)[C@H]1CCCN(S(=O)(=O)c2ccc(F)cc2)C1. The Kier molecular flexibility index (Phi) is 5.52. The molecule has 154 valence electrons. The number of piperidine rings is 1. The van der Waals surface area contributed by atoms with Crippen molar-refractivity contribution in [2.45, 2.75) is 37.1 Å². The number of anilines is 1. The maximum atomic E-state index is 13.4. The Bertz CT molecular complexity index is 1040. The fraction of sp³-hybridized carbons (Fsp3) is 0.381. The van der Waals surface area contributed by atoms with Crippen molar-refractivity contribution < 1.29 is 17.6 Å². The molecule has 0 radical (unpaired) electrons. The van der Waals surface area contributed by atoms with Gasteiger partial charge in [0.05, 0.1) is 10.8 Å². The van der Waals surface area contributed by atoms with E-state index in [1.54, 1.807) is 0 Å². The van der Waals surface area contributed by atoms with Crippen LogP contribution in [0.3, 0.4) is 0 Å². The summed E-state index contributed by atoms with van der Waals surface area (Å²) in [6, 6.07) is 10.8. The van der Waals surface area contributed by atoms with Gasteiger partial charge in [-0.15, -0.1) is 0 Å². The molecular formula is C21H22BrFN2O3S. The number of sulfonamides is 1. The van der Waals surface area contributed by atoms with E-state index in [0.29, 0.717) is 19.4 Å². The van der Waals surface area contributed by atoms with Gasteiger partial charge in [-0.2, -0.15) is 4.31 Å². The molecule has 0 spiro atoms. The van der Waals surface area contributed by atoms with Gasteiger partial charge in [0.2, 0.25) is 15.9 Å². The van der Waals surface area contributed by atoms with Crippen LogP contribution < -0.4 is 4.90 Å². The second kappa shape index (κ2) is 7.81. The number of hydrogen-bond acceptors (Lipinski definition) is 3. The molecule has 1 fully saturated rings. The zero-order valence-electron chi connectivity index (χ0n) is 16.0. The molecule has 2 atom stereocenters. The van der Waals surface area contributed by atoms with E-state index in [2.05, 4.69) is 15.9 Å². The molecule has 1 amide bonds. The van der Waals surface area contributed by atoms with E-state index in [9.17, 15) is 17.6 Å². The molecule has 29 heavy (non-hydrogen) atoms. The highest BCUT2D eigenvalue weighted by atomic mass is 79.9. The molecule has 4 rings (SSSR count). The summed E-state index contributed by atoms with van der Waals surface area (Å²) in [5.74, 6) is -0.905. The highest BCUT2D eigenvalue weighted by Gasteiger charge is 2.39. The lowest BCUT2D eigenvalue weighted by Gasteiger charge is -2.34. The predicted molar refractivity (Wildman–Crippen MR) is 113 cm³/mol. The van der Waals surface area contributed by atoms with Gasteiger partial charge in [0, 0.05) is 29.3 Å². The Morgan fingerprint density at radius 3 is 2.62 bits per heavy atom. The van der Waals surface area contributed by atoms with Crippen LogP contribution in [-0.2, 0) is 21.2 Å². The minimum Gasteiger partial charge on any atom is -0.309 e. The quantitative estimate of drug-likeness (QED) is 0.667. The Balaban J connectivity index is 1.56. The van der Waals surface area contributed by atoms with Crippen molar-refractivity contribution in [3.8, 4) is 0 Å². The van der Waals surface area contributed by atoms with E-state index >= 15 is 0 Å². The monoisotopic (exact) mass is 480 g/mol.